The van der Waals surface area contributed by atoms with Crippen LogP contribution in [0, 0.1) is 13.8 Å². The van der Waals surface area contributed by atoms with Crippen molar-refractivity contribution in [2.45, 2.75) is 31.3 Å². The molecule has 0 bridgehead atoms. The molecular weight excluding hydrogens is 386 g/mol. The van der Waals surface area contributed by atoms with Crippen LogP contribution in [-0.4, -0.2) is 21.8 Å². The monoisotopic (exact) mass is 407 g/mol. The molecule has 0 amide bonds. The summed E-state index contributed by atoms with van der Waals surface area (Å²) >= 11 is 1.51. The average molecular weight is 407 g/mol. The second-order valence-electron chi connectivity index (χ2n) is 6.75. The minimum atomic E-state index is -0.0558. The third-order valence-corrected chi connectivity index (χ3v) is 5.83. The fraction of sp³-hybridized carbons (Fsp3) is 0.227. The van der Waals surface area contributed by atoms with Crippen molar-refractivity contribution in [3.8, 4) is 5.75 Å². The number of hydrogen-bond acceptors (Lipinski definition) is 6. The second-order valence-corrected chi connectivity index (χ2v) is 7.69. The van der Waals surface area contributed by atoms with Gasteiger partial charge in [-0.25, -0.2) is 4.98 Å². The number of ether oxygens (including phenoxy) is 1. The zero-order chi connectivity index (χ0) is 20.4. The van der Waals surface area contributed by atoms with E-state index in [0.717, 1.165) is 28.3 Å². The SMILES string of the molecule is COc1cccc(Cn2c(SCc3c(C)noc3C)nc3ccccc3c2=O)c1. The fourth-order valence-electron chi connectivity index (χ4n) is 3.20. The van der Waals surface area contributed by atoms with Gasteiger partial charge in [0.2, 0.25) is 0 Å². The van der Waals surface area contributed by atoms with Gasteiger partial charge in [0.1, 0.15) is 11.5 Å². The number of aryl methyl sites for hydroxylation is 2. The van der Waals surface area contributed by atoms with Gasteiger partial charge in [-0.3, -0.25) is 9.36 Å². The van der Waals surface area contributed by atoms with E-state index < -0.39 is 0 Å². The third-order valence-electron chi connectivity index (χ3n) is 4.83. The summed E-state index contributed by atoms with van der Waals surface area (Å²) in [5.74, 6) is 2.18. The summed E-state index contributed by atoms with van der Waals surface area (Å²) in [4.78, 5) is 18.0. The number of thioether (sulfide) groups is 1. The molecule has 0 fully saturated rings. The number of para-hydroxylation sites is 1. The molecular formula is C22H21N3O3S. The average Bonchev–Trinajstić information content (AvgIpc) is 3.06. The minimum absolute atomic E-state index is 0.0558. The fourth-order valence-corrected chi connectivity index (χ4v) is 4.35. The molecule has 0 saturated carbocycles. The highest BCUT2D eigenvalue weighted by Gasteiger charge is 2.15. The maximum absolute atomic E-state index is 13.3. The van der Waals surface area contributed by atoms with Crippen LogP contribution < -0.4 is 10.3 Å². The van der Waals surface area contributed by atoms with Gasteiger partial charge < -0.3 is 9.26 Å². The maximum Gasteiger partial charge on any atom is 0.262 e. The molecule has 2 aromatic carbocycles. The third kappa shape index (κ3) is 3.91. The van der Waals surface area contributed by atoms with Gasteiger partial charge in [-0.05, 0) is 43.7 Å². The maximum atomic E-state index is 13.3. The van der Waals surface area contributed by atoms with Crippen molar-refractivity contribution in [2.75, 3.05) is 7.11 Å². The first-order valence-electron chi connectivity index (χ1n) is 9.24. The molecule has 29 heavy (non-hydrogen) atoms. The summed E-state index contributed by atoms with van der Waals surface area (Å²) in [5.41, 5.74) is 3.51. The van der Waals surface area contributed by atoms with Crippen LogP contribution in [0.2, 0.25) is 0 Å². The summed E-state index contributed by atoms with van der Waals surface area (Å²) in [7, 11) is 1.63. The number of methoxy groups -OCH3 is 1. The lowest BCUT2D eigenvalue weighted by atomic mass is 10.2. The highest BCUT2D eigenvalue weighted by Crippen LogP contribution is 2.26. The van der Waals surface area contributed by atoms with Gasteiger partial charge in [-0.1, -0.05) is 41.2 Å². The van der Waals surface area contributed by atoms with Gasteiger partial charge in [0.25, 0.3) is 5.56 Å². The van der Waals surface area contributed by atoms with E-state index in [1.807, 2.05) is 62.4 Å². The van der Waals surface area contributed by atoms with E-state index in [4.69, 9.17) is 14.2 Å². The number of benzene rings is 2. The zero-order valence-corrected chi connectivity index (χ0v) is 17.3. The molecule has 2 heterocycles. The Balaban J connectivity index is 1.76. The van der Waals surface area contributed by atoms with Crippen LogP contribution in [0.5, 0.6) is 5.75 Å². The van der Waals surface area contributed by atoms with Gasteiger partial charge in [0, 0.05) is 11.3 Å². The number of aromatic nitrogens is 3. The van der Waals surface area contributed by atoms with Crippen LogP contribution >= 0.6 is 11.8 Å². The molecule has 7 heteroatoms. The lowest BCUT2D eigenvalue weighted by molar-refractivity contribution is 0.392. The lowest BCUT2D eigenvalue weighted by Gasteiger charge is -2.14. The largest absolute Gasteiger partial charge is 0.497 e. The molecule has 0 spiro atoms. The lowest BCUT2D eigenvalue weighted by Crippen LogP contribution is -2.24. The van der Waals surface area contributed by atoms with Crippen molar-refractivity contribution in [1.29, 1.82) is 0 Å². The van der Waals surface area contributed by atoms with E-state index in [2.05, 4.69) is 5.16 Å². The molecule has 4 aromatic rings. The van der Waals surface area contributed by atoms with Crippen molar-refractivity contribution >= 4 is 22.7 Å². The normalized spacial score (nSPS) is 11.1. The molecule has 148 valence electrons. The predicted molar refractivity (Wildman–Crippen MR) is 114 cm³/mol. The molecule has 0 atom stereocenters. The Hall–Kier alpha value is -3.06. The Kier molecular flexibility index (Phi) is 5.40. The Morgan fingerprint density at radius 2 is 1.97 bits per heavy atom. The smallest absolute Gasteiger partial charge is 0.262 e. The predicted octanol–water partition coefficient (Wildman–Crippen LogP) is 4.35. The molecule has 0 aliphatic heterocycles. The Labute approximate surface area is 172 Å². The first-order chi connectivity index (χ1) is 14.1. The van der Waals surface area contributed by atoms with Crippen LogP contribution in [-0.2, 0) is 12.3 Å². The first kappa shape index (κ1) is 19.3. The summed E-state index contributed by atoms with van der Waals surface area (Å²) in [6.07, 6.45) is 0. The Morgan fingerprint density at radius 3 is 2.72 bits per heavy atom. The van der Waals surface area contributed by atoms with Crippen molar-refractivity contribution in [1.82, 2.24) is 14.7 Å². The molecule has 0 aliphatic rings. The first-order valence-corrected chi connectivity index (χ1v) is 10.2. The number of fused-ring (bicyclic) bond motifs is 1. The van der Waals surface area contributed by atoms with Gasteiger partial charge in [-0.15, -0.1) is 0 Å². The van der Waals surface area contributed by atoms with Crippen LogP contribution in [0.4, 0.5) is 0 Å². The highest BCUT2D eigenvalue weighted by atomic mass is 32.2. The van der Waals surface area contributed by atoms with E-state index in [1.54, 1.807) is 11.7 Å². The van der Waals surface area contributed by atoms with Crippen LogP contribution in [0.1, 0.15) is 22.6 Å². The summed E-state index contributed by atoms with van der Waals surface area (Å²) in [6.45, 7) is 4.23. The number of rotatable bonds is 6. The standard InChI is InChI=1S/C22H21N3O3S/c1-14-19(15(2)28-24-14)13-29-22-23-20-10-5-4-9-18(20)21(26)25(22)12-16-7-6-8-17(11-16)27-3/h4-11H,12-13H2,1-3H3. The summed E-state index contributed by atoms with van der Waals surface area (Å²) in [5, 5.41) is 5.29. The molecule has 0 saturated heterocycles. The van der Waals surface area contributed by atoms with Crippen molar-refractivity contribution in [3.63, 3.8) is 0 Å². The number of hydrogen-bond donors (Lipinski definition) is 0. The van der Waals surface area contributed by atoms with Gasteiger partial charge in [0.15, 0.2) is 5.16 Å². The Morgan fingerprint density at radius 1 is 1.14 bits per heavy atom. The molecule has 6 nitrogen and oxygen atoms in total. The van der Waals surface area contributed by atoms with E-state index >= 15 is 0 Å². The van der Waals surface area contributed by atoms with Crippen molar-refractivity contribution < 1.29 is 9.26 Å². The summed E-state index contributed by atoms with van der Waals surface area (Å²) in [6, 6.07) is 15.2. The van der Waals surface area contributed by atoms with Crippen LogP contribution in [0.25, 0.3) is 10.9 Å². The van der Waals surface area contributed by atoms with E-state index in [-0.39, 0.29) is 5.56 Å². The molecule has 2 aromatic heterocycles. The van der Waals surface area contributed by atoms with Crippen LogP contribution in [0.3, 0.4) is 0 Å². The Bertz CT molecular complexity index is 1210. The molecule has 0 aliphatic carbocycles. The zero-order valence-electron chi connectivity index (χ0n) is 16.5. The molecule has 0 unspecified atom stereocenters. The molecule has 0 N–H and O–H groups in total. The van der Waals surface area contributed by atoms with E-state index in [1.165, 1.54) is 11.8 Å². The van der Waals surface area contributed by atoms with Gasteiger partial charge in [0.05, 0.1) is 30.3 Å². The quantitative estimate of drug-likeness (QED) is 0.350. The number of nitrogens with zero attached hydrogens (tertiary/aromatic N) is 3. The highest BCUT2D eigenvalue weighted by molar-refractivity contribution is 7.98. The van der Waals surface area contributed by atoms with E-state index in [0.29, 0.717) is 28.4 Å². The van der Waals surface area contributed by atoms with Crippen molar-refractivity contribution in [2.24, 2.45) is 0 Å². The topological polar surface area (TPSA) is 70.2 Å². The summed E-state index contributed by atoms with van der Waals surface area (Å²) < 4.78 is 12.3. The van der Waals surface area contributed by atoms with E-state index in [9.17, 15) is 4.79 Å². The van der Waals surface area contributed by atoms with Gasteiger partial charge >= 0.3 is 0 Å². The molecule has 4 rings (SSSR count). The second kappa shape index (κ2) is 8.13. The molecule has 0 radical (unpaired) electrons. The van der Waals surface area contributed by atoms with Gasteiger partial charge in [-0.2, -0.15) is 0 Å². The van der Waals surface area contributed by atoms with Crippen molar-refractivity contribution in [3.05, 3.63) is 81.5 Å². The minimum Gasteiger partial charge on any atom is -0.497 e. The van der Waals surface area contributed by atoms with Crippen LogP contribution in [0.15, 0.2) is 63.0 Å².